The van der Waals surface area contributed by atoms with E-state index in [0.29, 0.717) is 56.4 Å². The smallest absolute Gasteiger partial charge is 0.247 e. The molecule has 0 aliphatic rings. The van der Waals surface area contributed by atoms with Crippen LogP contribution in [0.25, 0.3) is 27.8 Å². The maximum absolute atomic E-state index is 11.9. The molecule has 0 aliphatic carbocycles. The van der Waals surface area contributed by atoms with Crippen molar-refractivity contribution in [3.8, 4) is 16.9 Å². The van der Waals surface area contributed by atoms with Crippen molar-refractivity contribution in [2.75, 3.05) is 17.7 Å². The van der Waals surface area contributed by atoms with Crippen molar-refractivity contribution < 1.29 is 9.53 Å². The van der Waals surface area contributed by atoms with Crippen LogP contribution < -0.4 is 15.4 Å². The van der Waals surface area contributed by atoms with Crippen molar-refractivity contribution in [1.29, 1.82) is 0 Å². The van der Waals surface area contributed by atoms with Crippen molar-refractivity contribution in [2.45, 2.75) is 20.3 Å². The number of amides is 1. The number of halogens is 2. The second kappa shape index (κ2) is 10.3. The van der Waals surface area contributed by atoms with E-state index in [-0.39, 0.29) is 5.91 Å². The number of rotatable bonds is 7. The molecule has 0 unspecified atom stereocenters. The lowest BCUT2D eigenvalue weighted by Crippen LogP contribution is -2.10. The number of pyridine rings is 1. The first-order chi connectivity index (χ1) is 18.4. The first-order valence-corrected chi connectivity index (χ1v) is 12.6. The third kappa shape index (κ3) is 4.42. The molecule has 0 atom stereocenters. The molecule has 3 aromatic heterocycles. The number of imidazole rings is 1. The summed E-state index contributed by atoms with van der Waals surface area (Å²) in [5.41, 5.74) is 5.76. The molecule has 3 heterocycles. The van der Waals surface area contributed by atoms with Crippen LogP contribution in [0.1, 0.15) is 18.1 Å². The van der Waals surface area contributed by atoms with Gasteiger partial charge in [0.05, 0.1) is 28.5 Å². The Balaban J connectivity index is 1.66. The fourth-order valence-electron chi connectivity index (χ4n) is 4.36. The van der Waals surface area contributed by atoms with Gasteiger partial charge in [-0.15, -0.1) is 0 Å². The molecule has 38 heavy (non-hydrogen) atoms. The molecule has 1 amide bonds. The lowest BCUT2D eigenvalue weighted by Gasteiger charge is -2.17. The predicted octanol–water partition coefficient (Wildman–Crippen LogP) is 7.00. The molecular weight excluding hydrogens is 523 g/mol. The van der Waals surface area contributed by atoms with Gasteiger partial charge in [-0.1, -0.05) is 48.8 Å². The Bertz CT molecular complexity index is 1700. The van der Waals surface area contributed by atoms with Gasteiger partial charge in [0, 0.05) is 35.1 Å². The summed E-state index contributed by atoms with van der Waals surface area (Å²) in [7, 11) is 1.58. The zero-order valence-corrected chi connectivity index (χ0v) is 22.5. The van der Waals surface area contributed by atoms with Crippen LogP contribution >= 0.6 is 23.2 Å². The van der Waals surface area contributed by atoms with Crippen molar-refractivity contribution in [3.63, 3.8) is 0 Å². The maximum atomic E-state index is 11.9. The summed E-state index contributed by atoms with van der Waals surface area (Å²) in [6.45, 7) is 7.47. The standard InChI is InChI=1S/C28H24Cl2N6O2/c1-5-16-13-20(38-4)24(30)22(23(16)29)18-12-17-14-32-28(35-26(17)36-11-10-31-27(18)36)34-25-15(3)8-7-9-19(25)33-21(37)6-2/h6-14H,2,5H2,1,3-4H3,(H,33,37)(H,32,34,35). The Labute approximate surface area is 229 Å². The summed E-state index contributed by atoms with van der Waals surface area (Å²) in [4.78, 5) is 25.8. The number of carbonyl (C=O) groups is 1. The summed E-state index contributed by atoms with van der Waals surface area (Å²) >= 11 is 13.6. The average molecular weight is 547 g/mol. The van der Waals surface area contributed by atoms with E-state index in [1.165, 1.54) is 6.08 Å². The van der Waals surface area contributed by atoms with E-state index in [4.69, 9.17) is 32.9 Å². The fourth-order valence-corrected chi connectivity index (χ4v) is 5.12. The number of hydrogen-bond acceptors (Lipinski definition) is 6. The minimum absolute atomic E-state index is 0.313. The topological polar surface area (TPSA) is 93.4 Å². The van der Waals surface area contributed by atoms with Crippen molar-refractivity contribution in [3.05, 3.63) is 82.7 Å². The Morgan fingerprint density at radius 3 is 2.74 bits per heavy atom. The number of nitrogens with zero attached hydrogens (tertiary/aromatic N) is 4. The number of nitrogens with one attached hydrogen (secondary N) is 2. The number of methoxy groups -OCH3 is 1. The molecule has 8 nitrogen and oxygen atoms in total. The minimum Gasteiger partial charge on any atom is -0.495 e. The van der Waals surface area contributed by atoms with Gasteiger partial charge in [0.15, 0.2) is 5.65 Å². The summed E-state index contributed by atoms with van der Waals surface area (Å²) in [6.07, 6.45) is 7.17. The quantitative estimate of drug-likeness (QED) is 0.213. The highest BCUT2D eigenvalue weighted by atomic mass is 35.5. The molecule has 5 rings (SSSR count). The Kier molecular flexibility index (Phi) is 6.93. The molecule has 0 saturated carbocycles. The molecule has 10 heteroatoms. The molecule has 0 radical (unpaired) electrons. The van der Waals surface area contributed by atoms with Crippen molar-refractivity contribution >= 4 is 63.1 Å². The van der Waals surface area contributed by atoms with Crippen LogP contribution in [0.4, 0.5) is 17.3 Å². The molecular formula is C28H24Cl2N6O2. The second-order valence-electron chi connectivity index (χ2n) is 8.56. The minimum atomic E-state index is -0.313. The zero-order valence-electron chi connectivity index (χ0n) is 21.0. The highest BCUT2D eigenvalue weighted by Gasteiger charge is 2.22. The number of anilines is 3. The van der Waals surface area contributed by atoms with E-state index in [1.807, 2.05) is 48.7 Å². The molecule has 2 aromatic carbocycles. The number of carbonyl (C=O) groups excluding carboxylic acids is 1. The largest absolute Gasteiger partial charge is 0.495 e. The summed E-state index contributed by atoms with van der Waals surface area (Å²) in [5.74, 6) is 0.585. The number of benzene rings is 2. The second-order valence-corrected chi connectivity index (χ2v) is 9.32. The van der Waals surface area contributed by atoms with Crippen molar-refractivity contribution in [1.82, 2.24) is 19.4 Å². The van der Waals surface area contributed by atoms with E-state index in [9.17, 15) is 4.79 Å². The number of hydrogen-bond donors (Lipinski definition) is 2. The lowest BCUT2D eigenvalue weighted by atomic mass is 10.0. The van der Waals surface area contributed by atoms with Gasteiger partial charge in [-0.2, -0.15) is 4.98 Å². The first-order valence-electron chi connectivity index (χ1n) is 11.8. The van der Waals surface area contributed by atoms with Crippen LogP contribution in [0.2, 0.25) is 10.0 Å². The molecule has 5 aromatic rings. The van der Waals surface area contributed by atoms with E-state index < -0.39 is 0 Å². The molecule has 0 aliphatic heterocycles. The van der Waals surface area contributed by atoms with Gasteiger partial charge in [0.2, 0.25) is 11.9 Å². The zero-order chi connectivity index (χ0) is 27.0. The number of fused-ring (bicyclic) bond motifs is 3. The SMILES string of the molecule is C=CC(=O)Nc1cccc(C)c1Nc1ncc2cc(-c3c(Cl)c(CC)cc(OC)c3Cl)c3nccn3c2n1. The maximum Gasteiger partial charge on any atom is 0.247 e. The molecule has 0 saturated heterocycles. The predicted molar refractivity (Wildman–Crippen MR) is 153 cm³/mol. The van der Waals surface area contributed by atoms with Gasteiger partial charge < -0.3 is 15.4 Å². The van der Waals surface area contributed by atoms with Crippen LogP contribution in [0, 0.1) is 6.92 Å². The normalized spacial score (nSPS) is 11.1. The van der Waals surface area contributed by atoms with Crippen LogP contribution in [0.3, 0.4) is 0 Å². The van der Waals surface area contributed by atoms with Gasteiger partial charge in [0.1, 0.15) is 11.4 Å². The number of aryl methyl sites for hydroxylation is 2. The molecule has 192 valence electrons. The number of para-hydroxylation sites is 1. The summed E-state index contributed by atoms with van der Waals surface area (Å²) in [6, 6.07) is 9.37. The Hall–Kier alpha value is -4.14. The first kappa shape index (κ1) is 25.5. The Morgan fingerprint density at radius 1 is 1.18 bits per heavy atom. The molecule has 0 bridgehead atoms. The van der Waals surface area contributed by atoms with Crippen LogP contribution in [-0.2, 0) is 11.2 Å². The van der Waals surface area contributed by atoms with E-state index >= 15 is 0 Å². The molecule has 2 N–H and O–H groups in total. The molecule has 0 spiro atoms. The Morgan fingerprint density at radius 2 is 2.00 bits per heavy atom. The van der Waals surface area contributed by atoms with E-state index in [2.05, 4.69) is 27.2 Å². The third-order valence-corrected chi connectivity index (χ3v) is 7.08. The van der Waals surface area contributed by atoms with Gasteiger partial charge in [-0.25, -0.2) is 9.97 Å². The number of ether oxygens (including phenoxy) is 1. The average Bonchev–Trinajstić information content (AvgIpc) is 3.41. The summed E-state index contributed by atoms with van der Waals surface area (Å²) in [5, 5.41) is 7.78. The highest BCUT2D eigenvalue weighted by Crippen LogP contribution is 2.45. The van der Waals surface area contributed by atoms with Crippen LogP contribution in [0.15, 0.2) is 61.6 Å². The highest BCUT2D eigenvalue weighted by molar-refractivity contribution is 6.41. The summed E-state index contributed by atoms with van der Waals surface area (Å²) < 4.78 is 7.39. The van der Waals surface area contributed by atoms with E-state index in [1.54, 1.807) is 25.6 Å². The fraction of sp³-hybridized carbons (Fsp3) is 0.143. The van der Waals surface area contributed by atoms with Gasteiger partial charge in [-0.3, -0.25) is 9.20 Å². The third-order valence-electron chi connectivity index (χ3n) is 6.27. The van der Waals surface area contributed by atoms with Crippen LogP contribution in [-0.4, -0.2) is 32.4 Å². The molecule has 0 fully saturated rings. The number of aromatic nitrogens is 4. The van der Waals surface area contributed by atoms with E-state index in [0.717, 1.165) is 22.1 Å². The van der Waals surface area contributed by atoms with Gasteiger partial charge >= 0.3 is 0 Å². The van der Waals surface area contributed by atoms with Crippen molar-refractivity contribution in [2.24, 2.45) is 0 Å². The van der Waals surface area contributed by atoms with Gasteiger partial charge in [0.25, 0.3) is 0 Å². The van der Waals surface area contributed by atoms with Gasteiger partial charge in [-0.05, 0) is 48.7 Å². The lowest BCUT2D eigenvalue weighted by molar-refractivity contribution is -0.111. The monoisotopic (exact) mass is 546 g/mol. The van der Waals surface area contributed by atoms with Crippen LogP contribution in [0.5, 0.6) is 5.75 Å².